The van der Waals surface area contributed by atoms with Crippen LogP contribution in [0.5, 0.6) is 0 Å². The first-order valence-electron chi connectivity index (χ1n) is 18.2. The molecule has 0 aromatic heterocycles. The summed E-state index contributed by atoms with van der Waals surface area (Å²) >= 11 is 0. The predicted molar refractivity (Wildman–Crippen MR) is 195 cm³/mol. The minimum absolute atomic E-state index is 0.0188. The number of rotatable bonds is 5. The molecule has 1 N–H and O–H groups in total. The lowest BCUT2D eigenvalue weighted by Gasteiger charge is -2.61. The van der Waals surface area contributed by atoms with Gasteiger partial charge in [-0.05, 0) is 108 Å². The number of aliphatic hydroxyl groups is 1. The highest BCUT2D eigenvalue weighted by Gasteiger charge is 2.61. The number of hydrogen-bond acceptors (Lipinski definition) is 2. The maximum atomic E-state index is 11.3. The molecule has 4 saturated carbocycles. The summed E-state index contributed by atoms with van der Waals surface area (Å²) in [7, 11) is -4.04. The molecule has 0 aliphatic heterocycles. The molecule has 2 aromatic carbocycles. The van der Waals surface area contributed by atoms with Gasteiger partial charge in [0.25, 0.3) is 8.32 Å². The summed E-state index contributed by atoms with van der Waals surface area (Å²) in [5.74, 6) is 6.81. The fourth-order valence-electron chi connectivity index (χ4n) is 11.2. The average Bonchev–Trinajstić information content (AvgIpc) is 3.36. The van der Waals surface area contributed by atoms with Crippen LogP contribution in [0.2, 0.25) is 24.7 Å². The van der Waals surface area contributed by atoms with Crippen molar-refractivity contribution in [3.05, 3.63) is 60.7 Å². The van der Waals surface area contributed by atoms with Crippen LogP contribution in [0.1, 0.15) is 92.4 Å². The number of hydrogen-bond donors (Lipinski definition) is 1. The smallest absolute Gasteiger partial charge is 0.261 e. The van der Waals surface area contributed by atoms with E-state index in [1.165, 1.54) is 61.7 Å². The quantitative estimate of drug-likeness (QED) is 0.261. The third-order valence-electron chi connectivity index (χ3n) is 13.4. The van der Waals surface area contributed by atoms with Crippen molar-refractivity contribution < 1.29 is 9.53 Å². The zero-order chi connectivity index (χ0) is 32.3. The highest BCUT2D eigenvalue weighted by atomic mass is 28.4. The Morgan fingerprint density at radius 3 is 1.93 bits per heavy atom. The van der Waals surface area contributed by atoms with Crippen LogP contribution in [0.15, 0.2) is 60.7 Å². The molecule has 4 fully saturated rings. The zero-order valence-electron chi connectivity index (χ0n) is 29.5. The molecule has 2 nitrogen and oxygen atoms in total. The summed E-state index contributed by atoms with van der Waals surface area (Å²) in [6, 6.07) is 22.5. The molecule has 6 rings (SSSR count). The summed E-state index contributed by atoms with van der Waals surface area (Å²) in [6.45, 7) is 19.3. The minimum Gasteiger partial charge on any atom is -0.404 e. The Morgan fingerprint density at radius 2 is 1.36 bits per heavy atom. The van der Waals surface area contributed by atoms with E-state index >= 15 is 0 Å². The standard InChI is InChI=1S/C41H60O2Si2/c1-39(2,3)45(32-15-11-9-12-16-32,33-17-13-10-14-18-33)43-31-23-26-40(4)30(29-31)19-20-34-35-21-22-37(38(42)25-28-44(6,7)8)41(35,5)27-24-36(34)40/h9-18,30-31,34-38,42H,19-24,26-27,29H2,1-8H3/t30-,31+,34-,35-,36-,37+,38-,40-,41-/m0/s1. The van der Waals surface area contributed by atoms with Gasteiger partial charge in [0.15, 0.2) is 0 Å². The van der Waals surface area contributed by atoms with E-state index in [9.17, 15) is 5.11 Å². The van der Waals surface area contributed by atoms with E-state index in [0.717, 1.165) is 30.1 Å². The third-order valence-corrected chi connectivity index (χ3v) is 19.4. The van der Waals surface area contributed by atoms with E-state index in [2.05, 4.69) is 126 Å². The van der Waals surface area contributed by atoms with Gasteiger partial charge in [0, 0.05) is 12.0 Å². The zero-order valence-corrected chi connectivity index (χ0v) is 31.5. The lowest BCUT2D eigenvalue weighted by Crippen LogP contribution is -2.68. The Bertz CT molecular complexity index is 1340. The van der Waals surface area contributed by atoms with E-state index in [4.69, 9.17) is 4.43 Å². The van der Waals surface area contributed by atoms with Gasteiger partial charge in [-0.1, -0.05) is 121 Å². The van der Waals surface area contributed by atoms with Crippen LogP contribution in [-0.4, -0.2) is 33.7 Å². The van der Waals surface area contributed by atoms with Crippen LogP contribution >= 0.6 is 0 Å². The topological polar surface area (TPSA) is 29.5 Å². The maximum Gasteiger partial charge on any atom is 0.261 e. The second kappa shape index (κ2) is 12.1. The van der Waals surface area contributed by atoms with Crippen molar-refractivity contribution in [1.29, 1.82) is 0 Å². The van der Waals surface area contributed by atoms with Crippen LogP contribution in [-0.2, 0) is 4.43 Å². The van der Waals surface area contributed by atoms with Crippen LogP contribution in [0.25, 0.3) is 0 Å². The monoisotopic (exact) mass is 640 g/mol. The molecule has 2 aromatic rings. The SMILES string of the molecule is CC(C)(C)[Si](O[C@@H]1CC[C@@]2(C)[C@@H](CC[C@@H]3[C@@H]2CC[C@]2(C)[C@@H]([C@@H](O)C#C[Si](C)(C)C)CC[C@@H]32)C1)(c1ccccc1)c1ccccc1. The first-order chi connectivity index (χ1) is 21.2. The molecule has 0 spiro atoms. The maximum absolute atomic E-state index is 11.3. The number of aliphatic hydroxyl groups excluding tert-OH is 1. The first-order valence-corrected chi connectivity index (χ1v) is 23.6. The average molecular weight is 641 g/mol. The van der Waals surface area contributed by atoms with Crippen molar-refractivity contribution in [2.45, 2.75) is 129 Å². The van der Waals surface area contributed by atoms with E-state index in [-0.39, 0.29) is 10.5 Å². The van der Waals surface area contributed by atoms with Crippen LogP contribution in [0.3, 0.4) is 0 Å². The Balaban J connectivity index is 1.22. The largest absolute Gasteiger partial charge is 0.404 e. The molecular weight excluding hydrogens is 581 g/mol. The van der Waals surface area contributed by atoms with Crippen molar-refractivity contribution in [2.75, 3.05) is 0 Å². The van der Waals surface area contributed by atoms with E-state index in [0.29, 0.717) is 17.4 Å². The van der Waals surface area contributed by atoms with Crippen LogP contribution in [0.4, 0.5) is 0 Å². The van der Waals surface area contributed by atoms with Gasteiger partial charge in [-0.3, -0.25) is 0 Å². The van der Waals surface area contributed by atoms with Gasteiger partial charge in [0.2, 0.25) is 0 Å². The van der Waals surface area contributed by atoms with E-state index in [1.807, 2.05) is 0 Å². The molecule has 0 unspecified atom stereocenters. The molecule has 244 valence electrons. The lowest BCUT2D eigenvalue weighted by atomic mass is 9.44. The van der Waals surface area contributed by atoms with Crippen molar-refractivity contribution in [1.82, 2.24) is 0 Å². The Kier molecular flexibility index (Phi) is 8.95. The third kappa shape index (κ3) is 5.87. The van der Waals surface area contributed by atoms with Crippen molar-refractivity contribution >= 4 is 26.8 Å². The molecule has 0 bridgehead atoms. The lowest BCUT2D eigenvalue weighted by molar-refractivity contribution is -0.129. The molecule has 9 atom stereocenters. The highest BCUT2D eigenvalue weighted by Crippen LogP contribution is 2.68. The first kappa shape index (κ1) is 33.3. The fraction of sp³-hybridized carbons (Fsp3) is 0.659. The van der Waals surface area contributed by atoms with E-state index in [1.54, 1.807) is 0 Å². The summed E-state index contributed by atoms with van der Waals surface area (Å²) in [4.78, 5) is 0. The number of fused-ring (bicyclic) bond motifs is 5. The van der Waals surface area contributed by atoms with Gasteiger partial charge in [0.05, 0.1) is 0 Å². The molecule has 4 aliphatic rings. The Labute approximate surface area is 277 Å². The van der Waals surface area contributed by atoms with Crippen molar-refractivity contribution in [3.63, 3.8) is 0 Å². The highest BCUT2D eigenvalue weighted by molar-refractivity contribution is 6.99. The molecule has 0 heterocycles. The summed E-state index contributed by atoms with van der Waals surface area (Å²) in [5, 5.41) is 14.2. The van der Waals surface area contributed by atoms with Gasteiger partial charge >= 0.3 is 0 Å². The Hall–Kier alpha value is -1.65. The van der Waals surface area contributed by atoms with Gasteiger partial charge in [0.1, 0.15) is 14.2 Å². The van der Waals surface area contributed by atoms with Crippen LogP contribution < -0.4 is 10.4 Å². The molecule has 4 heteroatoms. The molecule has 0 radical (unpaired) electrons. The summed E-state index contributed by atoms with van der Waals surface area (Å²) in [5.41, 5.74) is 4.14. The van der Waals surface area contributed by atoms with Gasteiger partial charge in [-0.2, -0.15) is 0 Å². The second-order valence-electron chi connectivity index (χ2n) is 18.0. The molecular formula is C41H60O2Si2. The fourth-order valence-corrected chi connectivity index (χ4v) is 16.5. The summed E-state index contributed by atoms with van der Waals surface area (Å²) < 4.78 is 7.72. The normalized spacial score (nSPS) is 35.8. The molecule has 0 saturated heterocycles. The van der Waals surface area contributed by atoms with Crippen LogP contribution in [0, 0.1) is 51.9 Å². The molecule has 4 aliphatic carbocycles. The molecule has 45 heavy (non-hydrogen) atoms. The van der Waals surface area contributed by atoms with Crippen molar-refractivity contribution in [2.24, 2.45) is 40.4 Å². The van der Waals surface area contributed by atoms with E-state index < -0.39 is 22.5 Å². The predicted octanol–water partition coefficient (Wildman–Crippen LogP) is 8.83. The van der Waals surface area contributed by atoms with Gasteiger partial charge < -0.3 is 9.53 Å². The minimum atomic E-state index is -2.55. The van der Waals surface area contributed by atoms with Gasteiger partial charge in [-0.25, -0.2) is 0 Å². The van der Waals surface area contributed by atoms with Crippen molar-refractivity contribution in [3.8, 4) is 11.5 Å². The number of benzene rings is 2. The van der Waals surface area contributed by atoms with Gasteiger partial charge in [-0.15, -0.1) is 5.54 Å². The summed E-state index contributed by atoms with van der Waals surface area (Å²) in [6.07, 6.45) is 11.3. The Morgan fingerprint density at radius 1 is 0.778 bits per heavy atom. The molecule has 0 amide bonds. The second-order valence-corrected chi connectivity index (χ2v) is 27.0.